The minimum atomic E-state index is -0.222. The monoisotopic (exact) mass is 346 g/mol. The molecule has 4 nitrogen and oxygen atoms in total. The summed E-state index contributed by atoms with van der Waals surface area (Å²) in [7, 11) is 0. The van der Waals surface area contributed by atoms with Gasteiger partial charge in [0.1, 0.15) is 0 Å². The summed E-state index contributed by atoms with van der Waals surface area (Å²) in [6.45, 7) is 2.35. The van der Waals surface area contributed by atoms with Crippen LogP contribution in [0.4, 0.5) is 5.69 Å². The minimum Gasteiger partial charge on any atom is -0.458 e. The summed E-state index contributed by atoms with van der Waals surface area (Å²) in [4.78, 5) is 14.3. The van der Waals surface area contributed by atoms with E-state index in [-0.39, 0.29) is 5.91 Å². The van der Waals surface area contributed by atoms with Crippen LogP contribution in [0, 0.1) is 0 Å². The molecule has 0 atom stereocenters. The van der Waals surface area contributed by atoms with Crippen LogP contribution in [-0.2, 0) is 6.54 Å². The lowest BCUT2D eigenvalue weighted by atomic mass is 10.2. The van der Waals surface area contributed by atoms with Crippen LogP contribution in [0.25, 0.3) is 0 Å². The average Bonchev–Trinajstić information content (AvgIpc) is 3.16. The molecule has 0 radical (unpaired) electrons. The molecule has 1 aliphatic heterocycles. The first-order valence-corrected chi connectivity index (χ1v) is 7.53. The van der Waals surface area contributed by atoms with E-state index < -0.39 is 0 Å². The van der Waals surface area contributed by atoms with Crippen LogP contribution in [0.5, 0.6) is 0 Å². The number of benzene rings is 1. The summed E-state index contributed by atoms with van der Waals surface area (Å²) in [6, 6.07) is 9.91. The van der Waals surface area contributed by atoms with Crippen molar-refractivity contribution in [2.75, 3.05) is 18.0 Å². The summed E-state index contributed by atoms with van der Waals surface area (Å²) in [5, 5.41) is 2.86. The second-order valence-corrected chi connectivity index (χ2v) is 5.68. The molecular weight excluding hydrogens is 332 g/mol. The van der Waals surface area contributed by atoms with Gasteiger partial charge in [0.05, 0.1) is 10.7 Å². The normalized spacial score (nSPS) is 13.7. The lowest BCUT2D eigenvalue weighted by Gasteiger charge is -2.18. The summed E-state index contributed by atoms with van der Waals surface area (Å²) < 4.78 is 5.81. The third-order valence-corrected chi connectivity index (χ3v) is 3.99. The van der Waals surface area contributed by atoms with Crippen molar-refractivity contribution in [2.45, 2.75) is 6.54 Å². The molecule has 5 heteroatoms. The van der Waals surface area contributed by atoms with Gasteiger partial charge in [-0.2, -0.15) is 0 Å². The quantitative estimate of drug-likeness (QED) is 0.863. The van der Waals surface area contributed by atoms with E-state index in [1.807, 2.05) is 12.1 Å². The first-order valence-electron chi connectivity index (χ1n) is 6.74. The van der Waals surface area contributed by atoms with Crippen LogP contribution in [0.2, 0.25) is 0 Å². The van der Waals surface area contributed by atoms with Gasteiger partial charge in [-0.15, -0.1) is 0 Å². The van der Waals surface area contributed by atoms with Crippen molar-refractivity contribution in [3.05, 3.63) is 64.5 Å². The molecule has 3 rings (SSSR count). The number of halogens is 1. The number of furan rings is 1. The van der Waals surface area contributed by atoms with Gasteiger partial charge < -0.3 is 14.6 Å². The zero-order valence-electron chi connectivity index (χ0n) is 11.4. The molecule has 2 heterocycles. The molecule has 0 saturated carbocycles. The zero-order valence-corrected chi connectivity index (χ0v) is 13.0. The Bertz CT molecular complexity index is 670. The number of anilines is 1. The Morgan fingerprint density at radius 1 is 1.29 bits per heavy atom. The summed E-state index contributed by atoms with van der Waals surface area (Å²) in [5.74, 6) is 0.0787. The molecule has 0 saturated heterocycles. The first kappa shape index (κ1) is 13.9. The molecule has 1 amide bonds. The second kappa shape index (κ2) is 6.18. The van der Waals surface area contributed by atoms with Crippen LogP contribution < -0.4 is 10.2 Å². The maximum Gasteiger partial charge on any atom is 0.288 e. The highest BCUT2D eigenvalue weighted by molar-refractivity contribution is 9.10. The van der Waals surface area contributed by atoms with E-state index in [1.165, 1.54) is 12.0 Å². The molecule has 1 aromatic carbocycles. The number of amides is 1. The standard InChI is InChI=1S/C16H15BrN2O2/c17-14-6-9-21-15(14)16(20)18-11-12-4-3-5-13(10-12)19-7-1-2-8-19/h1-6,9-10H,7-8,11H2,(H,18,20). The maximum atomic E-state index is 12.0. The van der Waals surface area contributed by atoms with Crippen molar-refractivity contribution < 1.29 is 9.21 Å². The molecular formula is C16H15BrN2O2. The van der Waals surface area contributed by atoms with Gasteiger partial charge >= 0.3 is 0 Å². The topological polar surface area (TPSA) is 45.5 Å². The third kappa shape index (κ3) is 3.19. The van der Waals surface area contributed by atoms with Crippen LogP contribution in [0.3, 0.4) is 0 Å². The Hall–Kier alpha value is -2.01. The van der Waals surface area contributed by atoms with Gasteiger partial charge in [-0.05, 0) is 39.7 Å². The number of hydrogen-bond acceptors (Lipinski definition) is 3. The molecule has 0 fully saturated rings. The fourth-order valence-corrected chi connectivity index (χ4v) is 2.65. The van der Waals surface area contributed by atoms with E-state index in [9.17, 15) is 4.79 Å². The van der Waals surface area contributed by atoms with Gasteiger partial charge in [-0.25, -0.2) is 0 Å². The SMILES string of the molecule is O=C(NCc1cccc(N2CC=CC2)c1)c1occc1Br. The maximum absolute atomic E-state index is 12.0. The molecule has 21 heavy (non-hydrogen) atoms. The number of carbonyl (C=O) groups excluding carboxylic acids is 1. The molecule has 1 N–H and O–H groups in total. The summed E-state index contributed by atoms with van der Waals surface area (Å²) >= 11 is 3.28. The number of rotatable bonds is 4. The van der Waals surface area contributed by atoms with Crippen LogP contribution >= 0.6 is 15.9 Å². The van der Waals surface area contributed by atoms with Gasteiger partial charge in [-0.1, -0.05) is 24.3 Å². The molecule has 108 valence electrons. The van der Waals surface area contributed by atoms with Crippen LogP contribution in [-0.4, -0.2) is 19.0 Å². The predicted molar refractivity (Wildman–Crippen MR) is 85.4 cm³/mol. The number of nitrogens with zero attached hydrogens (tertiary/aromatic N) is 1. The predicted octanol–water partition coefficient (Wildman–Crippen LogP) is 3.35. The molecule has 0 spiro atoms. The Balaban J connectivity index is 1.64. The van der Waals surface area contributed by atoms with Crippen molar-refractivity contribution in [2.24, 2.45) is 0 Å². The highest BCUT2D eigenvalue weighted by Crippen LogP contribution is 2.19. The largest absolute Gasteiger partial charge is 0.458 e. The van der Waals surface area contributed by atoms with Gasteiger partial charge in [0.2, 0.25) is 5.76 Å². The highest BCUT2D eigenvalue weighted by Gasteiger charge is 2.13. The van der Waals surface area contributed by atoms with Crippen molar-refractivity contribution in [3.63, 3.8) is 0 Å². The molecule has 0 unspecified atom stereocenters. The van der Waals surface area contributed by atoms with Crippen molar-refractivity contribution >= 4 is 27.5 Å². The molecule has 1 aliphatic rings. The third-order valence-electron chi connectivity index (χ3n) is 3.37. The number of nitrogens with one attached hydrogen (secondary N) is 1. The molecule has 0 aliphatic carbocycles. The Labute approximate surface area is 131 Å². The second-order valence-electron chi connectivity index (χ2n) is 4.83. The molecule has 1 aromatic heterocycles. The molecule has 2 aromatic rings. The Morgan fingerprint density at radius 3 is 2.81 bits per heavy atom. The van der Waals surface area contributed by atoms with E-state index in [2.05, 4.69) is 50.4 Å². The van der Waals surface area contributed by atoms with Crippen molar-refractivity contribution in [1.82, 2.24) is 5.32 Å². The van der Waals surface area contributed by atoms with Crippen molar-refractivity contribution in [3.8, 4) is 0 Å². The van der Waals surface area contributed by atoms with E-state index in [4.69, 9.17) is 4.42 Å². The lowest BCUT2D eigenvalue weighted by Crippen LogP contribution is -2.23. The van der Waals surface area contributed by atoms with E-state index >= 15 is 0 Å². The summed E-state index contributed by atoms with van der Waals surface area (Å²) in [5.41, 5.74) is 2.24. The Kier molecular flexibility index (Phi) is 4.10. The zero-order chi connectivity index (χ0) is 14.7. The molecule has 0 bridgehead atoms. The highest BCUT2D eigenvalue weighted by atomic mass is 79.9. The smallest absolute Gasteiger partial charge is 0.288 e. The number of hydrogen-bond donors (Lipinski definition) is 1. The van der Waals surface area contributed by atoms with Gasteiger partial charge in [-0.3, -0.25) is 4.79 Å². The fraction of sp³-hybridized carbons (Fsp3) is 0.188. The fourth-order valence-electron chi connectivity index (χ4n) is 2.27. The van der Waals surface area contributed by atoms with E-state index in [1.54, 1.807) is 6.07 Å². The van der Waals surface area contributed by atoms with Gasteiger partial charge in [0.15, 0.2) is 0 Å². The van der Waals surface area contributed by atoms with Gasteiger partial charge in [0, 0.05) is 25.3 Å². The average molecular weight is 347 g/mol. The first-order chi connectivity index (χ1) is 10.2. The lowest BCUT2D eigenvalue weighted by molar-refractivity contribution is 0.0922. The van der Waals surface area contributed by atoms with Crippen LogP contribution in [0.1, 0.15) is 16.1 Å². The summed E-state index contributed by atoms with van der Waals surface area (Å²) in [6.07, 6.45) is 5.80. The van der Waals surface area contributed by atoms with Crippen molar-refractivity contribution in [1.29, 1.82) is 0 Å². The number of carbonyl (C=O) groups is 1. The van der Waals surface area contributed by atoms with Crippen LogP contribution in [0.15, 0.2) is 57.6 Å². The van der Waals surface area contributed by atoms with E-state index in [0.29, 0.717) is 16.8 Å². The van der Waals surface area contributed by atoms with E-state index in [0.717, 1.165) is 18.7 Å². The Morgan fingerprint density at radius 2 is 2.10 bits per heavy atom. The minimum absolute atomic E-state index is 0.222. The van der Waals surface area contributed by atoms with Gasteiger partial charge in [0.25, 0.3) is 5.91 Å².